The van der Waals surface area contributed by atoms with Gasteiger partial charge in [-0.05, 0) is 74.3 Å². The number of nitrogens with zero attached hydrogens (tertiary/aromatic N) is 2. The minimum absolute atomic E-state index is 0.109. The largest absolute Gasteiger partial charge is 0.393 e. The normalized spacial score (nSPS) is 29.6. The molecule has 2 heterocycles. The summed E-state index contributed by atoms with van der Waals surface area (Å²) in [6, 6.07) is 5.39. The average Bonchev–Trinajstić information content (AvgIpc) is 3.26. The maximum Gasteiger partial charge on any atom is 0.271 e. The summed E-state index contributed by atoms with van der Waals surface area (Å²) in [5.74, 6) is 2.14. The summed E-state index contributed by atoms with van der Waals surface area (Å²) in [6.45, 7) is 2.81. The summed E-state index contributed by atoms with van der Waals surface area (Å²) in [5, 5.41) is 15.4. The molecule has 3 fully saturated rings. The van der Waals surface area contributed by atoms with Gasteiger partial charge in [0.15, 0.2) is 0 Å². The zero-order valence-electron chi connectivity index (χ0n) is 18.8. The van der Waals surface area contributed by atoms with Gasteiger partial charge in [0.1, 0.15) is 17.0 Å². The molecular formula is C25H34N4O3. The number of aliphatic hydroxyl groups is 1. The first-order valence-corrected chi connectivity index (χ1v) is 12.1. The van der Waals surface area contributed by atoms with Crippen molar-refractivity contribution in [3.8, 4) is 0 Å². The Morgan fingerprint density at radius 1 is 1.19 bits per heavy atom. The average molecular weight is 439 g/mol. The van der Waals surface area contributed by atoms with E-state index in [4.69, 9.17) is 0 Å². The standard InChI is InChI=1S/C25H34N4O3/c1-16(30)8-9-26-23(31)20-14-29-21(6-3-7-22(29)28-20)24(32)27-15-25-11-17-4-2-5-18(12-25)19(10-17)13-25/h3,6-7,14,16-19,30H,2,4-5,8-13,15H2,1H3,(H,26,31)(H,27,32). The SMILES string of the molecule is CC(O)CCNC(=O)c1cn2c(C(=O)NCC34CC5CCCC(C3)C(C5)C4)cccc2n1. The summed E-state index contributed by atoms with van der Waals surface area (Å²) >= 11 is 0. The molecule has 3 saturated carbocycles. The van der Waals surface area contributed by atoms with Crippen LogP contribution in [0.1, 0.15) is 79.3 Å². The van der Waals surface area contributed by atoms with E-state index in [9.17, 15) is 14.7 Å². The Bertz CT molecular complexity index is 1010. The lowest BCUT2D eigenvalue weighted by molar-refractivity contribution is 0.0883. The molecule has 2 amide bonds. The molecule has 2 aromatic heterocycles. The van der Waals surface area contributed by atoms with Crippen molar-refractivity contribution in [2.45, 2.75) is 64.4 Å². The number of hydrogen-bond acceptors (Lipinski definition) is 4. The van der Waals surface area contributed by atoms with Gasteiger partial charge in [0.05, 0.1) is 6.10 Å². The van der Waals surface area contributed by atoms with Gasteiger partial charge in [-0.1, -0.05) is 25.3 Å². The Balaban J connectivity index is 1.28. The Morgan fingerprint density at radius 3 is 2.88 bits per heavy atom. The van der Waals surface area contributed by atoms with Crippen molar-refractivity contribution in [2.24, 2.45) is 23.2 Å². The summed E-state index contributed by atoms with van der Waals surface area (Å²) in [6.07, 6.45) is 10.9. The van der Waals surface area contributed by atoms with Gasteiger partial charge in [-0.3, -0.25) is 14.0 Å². The molecule has 3 aliphatic carbocycles. The number of amides is 2. The highest BCUT2D eigenvalue weighted by Gasteiger charge is 2.51. The van der Waals surface area contributed by atoms with Crippen LogP contribution >= 0.6 is 0 Å². The third-order valence-electron chi connectivity index (χ3n) is 8.03. The predicted octanol–water partition coefficient (Wildman–Crippen LogP) is 3.17. The molecule has 5 rings (SSSR count). The minimum Gasteiger partial charge on any atom is -0.393 e. The molecule has 7 heteroatoms. The smallest absolute Gasteiger partial charge is 0.271 e. The first-order valence-electron chi connectivity index (χ1n) is 12.1. The number of hydrogen-bond donors (Lipinski definition) is 3. The van der Waals surface area contributed by atoms with Crippen LogP contribution in [0.3, 0.4) is 0 Å². The Hall–Kier alpha value is -2.41. The zero-order valence-corrected chi connectivity index (χ0v) is 18.8. The third kappa shape index (κ3) is 4.15. The van der Waals surface area contributed by atoms with Crippen LogP contribution in [0.4, 0.5) is 0 Å². The molecule has 2 aromatic rings. The van der Waals surface area contributed by atoms with Gasteiger partial charge in [0.2, 0.25) is 0 Å². The van der Waals surface area contributed by atoms with Crippen molar-refractivity contribution < 1.29 is 14.7 Å². The van der Waals surface area contributed by atoms with E-state index in [0.29, 0.717) is 24.3 Å². The van der Waals surface area contributed by atoms with E-state index in [1.165, 1.54) is 44.9 Å². The molecule has 0 saturated heterocycles. The highest BCUT2D eigenvalue weighted by Crippen LogP contribution is 2.59. The van der Waals surface area contributed by atoms with E-state index in [0.717, 1.165) is 24.3 Å². The van der Waals surface area contributed by atoms with Crippen LogP contribution in [-0.2, 0) is 0 Å². The molecule has 5 atom stereocenters. The van der Waals surface area contributed by atoms with Crippen molar-refractivity contribution in [3.05, 3.63) is 35.8 Å². The number of carbonyl (C=O) groups excluding carboxylic acids is 2. The van der Waals surface area contributed by atoms with Gasteiger partial charge >= 0.3 is 0 Å². The molecular weight excluding hydrogens is 404 g/mol. The molecule has 0 spiro atoms. The maximum absolute atomic E-state index is 13.2. The van der Waals surface area contributed by atoms with Crippen molar-refractivity contribution in [1.82, 2.24) is 20.0 Å². The fraction of sp³-hybridized carbons (Fsp3) is 0.640. The molecule has 32 heavy (non-hydrogen) atoms. The van der Waals surface area contributed by atoms with Crippen LogP contribution in [-0.4, -0.2) is 45.5 Å². The van der Waals surface area contributed by atoms with E-state index in [1.807, 2.05) is 0 Å². The second-order valence-electron chi connectivity index (χ2n) is 10.5. The van der Waals surface area contributed by atoms with Gasteiger partial charge in [-0.25, -0.2) is 4.98 Å². The number of carbonyl (C=O) groups is 2. The maximum atomic E-state index is 13.2. The van der Waals surface area contributed by atoms with Gasteiger partial charge < -0.3 is 15.7 Å². The molecule has 3 aliphatic rings. The van der Waals surface area contributed by atoms with E-state index >= 15 is 0 Å². The Kier molecular flexibility index (Phi) is 5.70. The second kappa shape index (κ2) is 8.50. The van der Waals surface area contributed by atoms with Crippen LogP contribution in [0, 0.1) is 23.2 Å². The van der Waals surface area contributed by atoms with Crippen LogP contribution in [0.15, 0.2) is 24.4 Å². The first-order chi connectivity index (χ1) is 15.4. The highest BCUT2D eigenvalue weighted by molar-refractivity contribution is 5.95. The topological polar surface area (TPSA) is 95.7 Å². The van der Waals surface area contributed by atoms with Crippen molar-refractivity contribution in [3.63, 3.8) is 0 Å². The highest BCUT2D eigenvalue weighted by atomic mass is 16.3. The van der Waals surface area contributed by atoms with E-state index < -0.39 is 6.10 Å². The lowest BCUT2D eigenvalue weighted by atomic mass is 9.69. The van der Waals surface area contributed by atoms with Crippen LogP contribution in [0.5, 0.6) is 0 Å². The monoisotopic (exact) mass is 438 g/mol. The van der Waals surface area contributed by atoms with E-state index in [-0.39, 0.29) is 22.9 Å². The molecule has 0 aromatic carbocycles. The molecule has 3 bridgehead atoms. The molecule has 172 valence electrons. The fourth-order valence-electron chi connectivity index (χ4n) is 6.69. The van der Waals surface area contributed by atoms with Crippen molar-refractivity contribution >= 4 is 17.5 Å². The second-order valence-corrected chi connectivity index (χ2v) is 10.5. The molecule has 5 unspecified atom stereocenters. The lowest BCUT2D eigenvalue weighted by Gasteiger charge is -2.38. The number of fused-ring (bicyclic) bond motifs is 3. The van der Waals surface area contributed by atoms with Crippen molar-refractivity contribution in [2.75, 3.05) is 13.1 Å². The first kappa shape index (κ1) is 21.4. The summed E-state index contributed by atoms with van der Waals surface area (Å²) in [4.78, 5) is 30.0. The molecule has 0 aliphatic heterocycles. The lowest BCUT2D eigenvalue weighted by Crippen LogP contribution is -2.39. The molecule has 0 radical (unpaired) electrons. The Labute approximate surface area is 189 Å². The summed E-state index contributed by atoms with van der Waals surface area (Å²) in [5.41, 5.74) is 1.62. The summed E-state index contributed by atoms with van der Waals surface area (Å²) < 4.78 is 1.70. The van der Waals surface area contributed by atoms with Gasteiger partial charge in [0, 0.05) is 19.3 Å². The van der Waals surface area contributed by atoms with Gasteiger partial charge in [-0.2, -0.15) is 0 Å². The van der Waals surface area contributed by atoms with Crippen LogP contribution in [0.2, 0.25) is 0 Å². The number of rotatable bonds is 7. The molecule has 3 N–H and O–H groups in total. The zero-order chi connectivity index (χ0) is 22.3. The van der Waals surface area contributed by atoms with Crippen LogP contribution < -0.4 is 10.6 Å². The van der Waals surface area contributed by atoms with E-state index in [1.54, 1.807) is 35.7 Å². The number of aromatic nitrogens is 2. The predicted molar refractivity (Wildman–Crippen MR) is 121 cm³/mol. The van der Waals surface area contributed by atoms with Gasteiger partial charge in [-0.15, -0.1) is 0 Å². The Morgan fingerprint density at radius 2 is 2.03 bits per heavy atom. The number of aliphatic hydroxyl groups excluding tert-OH is 1. The molecule has 7 nitrogen and oxygen atoms in total. The van der Waals surface area contributed by atoms with Crippen molar-refractivity contribution in [1.29, 1.82) is 0 Å². The minimum atomic E-state index is -0.468. The quantitative estimate of drug-likeness (QED) is 0.619. The number of nitrogens with one attached hydrogen (secondary N) is 2. The summed E-state index contributed by atoms with van der Waals surface area (Å²) in [7, 11) is 0. The third-order valence-corrected chi connectivity index (χ3v) is 8.03. The fourth-order valence-corrected chi connectivity index (χ4v) is 6.69. The number of pyridine rings is 1. The van der Waals surface area contributed by atoms with E-state index in [2.05, 4.69) is 15.6 Å². The number of imidazole rings is 1. The van der Waals surface area contributed by atoms with Crippen LogP contribution in [0.25, 0.3) is 5.65 Å². The van der Waals surface area contributed by atoms with Gasteiger partial charge in [0.25, 0.3) is 11.8 Å².